The van der Waals surface area contributed by atoms with E-state index in [1.165, 1.54) is 16.7 Å². The van der Waals surface area contributed by atoms with Crippen molar-refractivity contribution in [3.8, 4) is 0 Å². The second kappa shape index (κ2) is 4.19. The van der Waals surface area contributed by atoms with Crippen molar-refractivity contribution in [3.05, 3.63) is 41.5 Å². The fourth-order valence-electron chi connectivity index (χ4n) is 2.37. The van der Waals surface area contributed by atoms with E-state index in [4.69, 9.17) is 0 Å². The molecular formula is C14H19N. The van der Waals surface area contributed by atoms with Crippen LogP contribution < -0.4 is 0 Å². The van der Waals surface area contributed by atoms with Crippen LogP contribution in [0, 0.1) is 0 Å². The summed E-state index contributed by atoms with van der Waals surface area (Å²) in [5, 5.41) is 0. The Morgan fingerprint density at radius 2 is 2.07 bits per heavy atom. The third kappa shape index (κ3) is 1.84. The van der Waals surface area contributed by atoms with Crippen LogP contribution in [0.5, 0.6) is 0 Å². The largest absolute Gasteiger partial charge is 0.299 e. The Balaban J connectivity index is 2.51. The van der Waals surface area contributed by atoms with Crippen LogP contribution in [0.25, 0.3) is 5.57 Å². The molecule has 1 aliphatic heterocycles. The quantitative estimate of drug-likeness (QED) is 0.624. The minimum atomic E-state index is 0.527. The molecule has 0 fully saturated rings. The highest BCUT2D eigenvalue weighted by atomic mass is 15.1. The molecule has 80 valence electrons. The summed E-state index contributed by atoms with van der Waals surface area (Å²) in [5.41, 5.74) is 4.39. The molecule has 0 amide bonds. The lowest BCUT2D eigenvalue weighted by atomic mass is 9.95. The van der Waals surface area contributed by atoms with E-state index in [9.17, 15) is 0 Å². The van der Waals surface area contributed by atoms with Crippen LogP contribution in [0.3, 0.4) is 0 Å². The highest BCUT2D eigenvalue weighted by Crippen LogP contribution is 2.28. The second-order valence-corrected chi connectivity index (χ2v) is 4.31. The van der Waals surface area contributed by atoms with Gasteiger partial charge in [-0.25, -0.2) is 0 Å². The van der Waals surface area contributed by atoms with Gasteiger partial charge in [0.2, 0.25) is 0 Å². The predicted molar refractivity (Wildman–Crippen MR) is 65.9 cm³/mol. The lowest BCUT2D eigenvalue weighted by molar-refractivity contribution is 0.313. The minimum Gasteiger partial charge on any atom is -0.299 e. The van der Waals surface area contributed by atoms with Gasteiger partial charge in [-0.2, -0.15) is 0 Å². The minimum absolute atomic E-state index is 0.527. The molecule has 1 aliphatic rings. The maximum absolute atomic E-state index is 2.43. The monoisotopic (exact) mass is 201 g/mol. The summed E-state index contributed by atoms with van der Waals surface area (Å²) in [7, 11) is 2.21. The first-order valence-corrected chi connectivity index (χ1v) is 5.68. The number of hydrogen-bond donors (Lipinski definition) is 0. The molecule has 1 nitrogen and oxygen atoms in total. The van der Waals surface area contributed by atoms with E-state index in [0.29, 0.717) is 6.04 Å². The maximum atomic E-state index is 2.43. The number of fused-ring (bicyclic) bond motifs is 1. The van der Waals surface area contributed by atoms with Crippen LogP contribution >= 0.6 is 0 Å². The normalized spacial score (nSPS) is 25.0. The molecule has 0 N–H and O–H groups in total. The topological polar surface area (TPSA) is 3.24 Å². The first-order chi connectivity index (χ1) is 7.24. The molecular weight excluding hydrogens is 182 g/mol. The van der Waals surface area contributed by atoms with Crippen molar-refractivity contribution in [2.24, 2.45) is 0 Å². The third-order valence-corrected chi connectivity index (χ3v) is 3.48. The molecule has 1 atom stereocenters. The lowest BCUT2D eigenvalue weighted by Gasteiger charge is -2.23. The van der Waals surface area contributed by atoms with E-state index in [-0.39, 0.29) is 0 Å². The predicted octanol–water partition coefficient (Wildman–Crippen LogP) is 2.97. The van der Waals surface area contributed by atoms with Gasteiger partial charge < -0.3 is 0 Å². The number of benzene rings is 1. The zero-order valence-corrected chi connectivity index (χ0v) is 9.83. The molecule has 1 heteroatoms. The van der Waals surface area contributed by atoms with Gasteiger partial charge in [0.1, 0.15) is 0 Å². The first kappa shape index (κ1) is 10.4. The van der Waals surface area contributed by atoms with Crippen LogP contribution in [0.4, 0.5) is 0 Å². The Kier molecular flexibility index (Phi) is 2.92. The molecule has 1 heterocycles. The summed E-state index contributed by atoms with van der Waals surface area (Å²) in [6.07, 6.45) is 3.42. The number of rotatable bonds is 0. The number of hydrogen-bond acceptors (Lipinski definition) is 1. The van der Waals surface area contributed by atoms with Crippen molar-refractivity contribution < 1.29 is 0 Å². The van der Waals surface area contributed by atoms with Crippen LogP contribution in [-0.4, -0.2) is 24.5 Å². The average molecular weight is 201 g/mol. The summed E-state index contributed by atoms with van der Waals surface area (Å²) < 4.78 is 0. The van der Waals surface area contributed by atoms with Crippen molar-refractivity contribution in [1.29, 1.82) is 0 Å². The van der Waals surface area contributed by atoms with Crippen molar-refractivity contribution >= 4 is 5.57 Å². The van der Waals surface area contributed by atoms with E-state index in [0.717, 1.165) is 13.0 Å². The molecule has 0 bridgehead atoms. The fourth-order valence-corrected chi connectivity index (χ4v) is 2.37. The highest BCUT2D eigenvalue weighted by molar-refractivity contribution is 5.72. The number of allylic oxidation sites excluding steroid dienone is 1. The van der Waals surface area contributed by atoms with Gasteiger partial charge in [-0.3, -0.25) is 4.90 Å². The first-order valence-electron chi connectivity index (χ1n) is 5.68. The Morgan fingerprint density at radius 3 is 2.80 bits per heavy atom. The van der Waals surface area contributed by atoms with E-state index in [1.54, 1.807) is 0 Å². The molecule has 0 radical (unpaired) electrons. The van der Waals surface area contributed by atoms with E-state index in [2.05, 4.69) is 56.1 Å². The lowest BCUT2D eigenvalue weighted by Crippen LogP contribution is -2.29. The van der Waals surface area contributed by atoms with Gasteiger partial charge in [0, 0.05) is 12.6 Å². The zero-order valence-electron chi connectivity index (χ0n) is 9.83. The summed E-state index contributed by atoms with van der Waals surface area (Å²) in [5.74, 6) is 0. The van der Waals surface area contributed by atoms with Crippen LogP contribution in [0.2, 0.25) is 0 Å². The Hall–Kier alpha value is -1.08. The molecule has 0 spiro atoms. The molecule has 2 rings (SSSR count). The summed E-state index contributed by atoms with van der Waals surface area (Å²) in [6.45, 7) is 5.58. The van der Waals surface area contributed by atoms with Gasteiger partial charge in [0.15, 0.2) is 0 Å². The van der Waals surface area contributed by atoms with Gasteiger partial charge in [-0.15, -0.1) is 0 Å². The van der Waals surface area contributed by atoms with Gasteiger partial charge in [-0.1, -0.05) is 30.3 Å². The Morgan fingerprint density at radius 1 is 1.33 bits per heavy atom. The Bertz CT molecular complexity index is 379. The molecule has 0 saturated carbocycles. The van der Waals surface area contributed by atoms with E-state index < -0.39 is 0 Å². The molecule has 0 saturated heterocycles. The van der Waals surface area contributed by atoms with Gasteiger partial charge in [0.25, 0.3) is 0 Å². The molecule has 15 heavy (non-hydrogen) atoms. The molecule has 0 aliphatic carbocycles. The molecule has 1 unspecified atom stereocenters. The van der Waals surface area contributed by atoms with Gasteiger partial charge >= 0.3 is 0 Å². The van der Waals surface area contributed by atoms with Crippen molar-refractivity contribution in [1.82, 2.24) is 4.90 Å². The number of likely N-dealkylation sites (N-methyl/N-ethyl adjacent to an activating group) is 1. The third-order valence-electron chi connectivity index (χ3n) is 3.48. The summed E-state index contributed by atoms with van der Waals surface area (Å²) in [6, 6.07) is 9.31. The Labute approximate surface area is 92.4 Å². The number of nitrogens with zero attached hydrogens (tertiary/aromatic N) is 1. The summed E-state index contributed by atoms with van der Waals surface area (Å²) >= 11 is 0. The smallest absolute Gasteiger partial charge is 0.0319 e. The van der Waals surface area contributed by atoms with E-state index in [1.807, 2.05) is 0 Å². The van der Waals surface area contributed by atoms with Crippen molar-refractivity contribution in [3.63, 3.8) is 0 Å². The molecule has 1 aromatic rings. The standard InChI is InChI=1S/C14H19N/c1-4-13-11(2)15(3)10-9-12-7-5-6-8-14(12)13/h4-8,11H,9-10H2,1-3H3/b13-4+. The van der Waals surface area contributed by atoms with Crippen LogP contribution in [0.15, 0.2) is 30.3 Å². The molecule has 0 aromatic heterocycles. The maximum Gasteiger partial charge on any atom is 0.0319 e. The second-order valence-electron chi connectivity index (χ2n) is 4.31. The zero-order chi connectivity index (χ0) is 10.8. The van der Waals surface area contributed by atoms with Crippen LogP contribution in [-0.2, 0) is 6.42 Å². The van der Waals surface area contributed by atoms with Gasteiger partial charge in [0.05, 0.1) is 0 Å². The fraction of sp³-hybridized carbons (Fsp3) is 0.429. The van der Waals surface area contributed by atoms with Crippen molar-refractivity contribution in [2.45, 2.75) is 26.3 Å². The average Bonchev–Trinajstić information content (AvgIpc) is 2.38. The highest BCUT2D eigenvalue weighted by Gasteiger charge is 2.20. The van der Waals surface area contributed by atoms with Gasteiger partial charge in [-0.05, 0) is 44.0 Å². The van der Waals surface area contributed by atoms with Crippen molar-refractivity contribution in [2.75, 3.05) is 13.6 Å². The SMILES string of the molecule is C/C=C1/c2ccccc2CCN(C)C1C. The van der Waals surface area contributed by atoms with E-state index >= 15 is 0 Å². The molecule has 1 aromatic carbocycles. The van der Waals surface area contributed by atoms with Crippen LogP contribution in [0.1, 0.15) is 25.0 Å². The summed E-state index contributed by atoms with van der Waals surface area (Å²) in [4.78, 5) is 2.43.